The smallest absolute Gasteiger partial charge is 0.306 e. The fraction of sp³-hybridized carbons (Fsp3) is 0.250. The molecule has 9 heteroatoms. The van der Waals surface area contributed by atoms with E-state index >= 15 is 0 Å². The van der Waals surface area contributed by atoms with Crippen molar-refractivity contribution in [1.29, 1.82) is 0 Å². The van der Waals surface area contributed by atoms with Crippen LogP contribution in [0, 0.1) is 6.92 Å². The van der Waals surface area contributed by atoms with E-state index < -0.39 is 16.0 Å². The van der Waals surface area contributed by atoms with Crippen LogP contribution >= 0.6 is 11.6 Å². The molecule has 0 spiro atoms. The van der Waals surface area contributed by atoms with Crippen LogP contribution in [0.1, 0.15) is 52.1 Å². The fourth-order valence-electron chi connectivity index (χ4n) is 3.37. The molecule has 174 valence electrons. The van der Waals surface area contributed by atoms with Gasteiger partial charge in [0.15, 0.2) is 0 Å². The van der Waals surface area contributed by atoms with Crippen molar-refractivity contribution < 1.29 is 22.7 Å². The largest absolute Gasteiger partial charge is 0.469 e. The molecule has 0 bridgehead atoms. The number of H-pyrrole nitrogens is 1. The van der Waals surface area contributed by atoms with Crippen molar-refractivity contribution in [3.63, 3.8) is 0 Å². The molecule has 1 aromatic heterocycles. The maximum absolute atomic E-state index is 12.9. The molecule has 0 radical (unpaired) electrons. The monoisotopic (exact) mass is 488 g/mol. The Morgan fingerprint density at radius 1 is 1.09 bits per heavy atom. The maximum atomic E-state index is 12.9. The van der Waals surface area contributed by atoms with Crippen molar-refractivity contribution in [2.45, 2.75) is 26.2 Å². The first-order chi connectivity index (χ1) is 15.6. The van der Waals surface area contributed by atoms with Gasteiger partial charge < -0.3 is 9.72 Å². The maximum Gasteiger partial charge on any atom is 0.306 e. The average Bonchev–Trinajstić information content (AvgIpc) is 3.19. The van der Waals surface area contributed by atoms with Crippen LogP contribution in [0.2, 0.25) is 5.02 Å². The van der Waals surface area contributed by atoms with Gasteiger partial charge in [-0.2, -0.15) is 0 Å². The van der Waals surface area contributed by atoms with Crippen LogP contribution in [0.15, 0.2) is 54.6 Å². The number of aryl methyl sites for hydroxylation is 1. The molecule has 3 rings (SSSR count). The number of hydrogen-bond acceptors (Lipinski definition) is 5. The summed E-state index contributed by atoms with van der Waals surface area (Å²) in [4.78, 5) is 27.3. The van der Waals surface area contributed by atoms with E-state index in [2.05, 4.69) is 14.4 Å². The van der Waals surface area contributed by atoms with Crippen LogP contribution in [0.25, 0.3) is 0 Å². The van der Waals surface area contributed by atoms with Crippen molar-refractivity contribution in [2.24, 2.45) is 0 Å². The minimum absolute atomic E-state index is 0.0551. The van der Waals surface area contributed by atoms with E-state index in [4.69, 9.17) is 11.6 Å². The average molecular weight is 489 g/mol. The van der Waals surface area contributed by atoms with Crippen LogP contribution in [0.3, 0.4) is 0 Å². The first-order valence-electron chi connectivity index (χ1n) is 10.3. The Hall–Kier alpha value is -3.10. The number of halogens is 1. The van der Waals surface area contributed by atoms with Gasteiger partial charge in [-0.3, -0.25) is 14.3 Å². The Morgan fingerprint density at radius 2 is 1.73 bits per heavy atom. The van der Waals surface area contributed by atoms with Crippen LogP contribution in [-0.4, -0.2) is 38.0 Å². The highest BCUT2D eigenvalue weighted by atomic mass is 35.5. The molecule has 0 saturated carbocycles. The van der Waals surface area contributed by atoms with Gasteiger partial charge in [0.2, 0.25) is 15.8 Å². The normalized spacial score (nSPS) is 12.2. The number of aromatic nitrogens is 1. The number of hydrogen-bond donors (Lipinski definition) is 2. The predicted molar refractivity (Wildman–Crippen MR) is 128 cm³/mol. The summed E-state index contributed by atoms with van der Waals surface area (Å²) in [6, 6.07) is 15.7. The summed E-state index contributed by atoms with van der Waals surface area (Å²) in [6.45, 7) is 3.87. The lowest BCUT2D eigenvalue weighted by atomic mass is 9.97. The number of benzene rings is 2. The van der Waals surface area contributed by atoms with E-state index in [-0.39, 0.29) is 23.9 Å². The SMILES string of the molecule is COC(=O)CCS(=O)(=O)Nc1ccc(C(C)c2cc(C)c(C(=O)c3ccc(Cl)cc3)[nH]2)cc1. The number of esters is 1. The predicted octanol–water partition coefficient (Wildman–Crippen LogP) is 4.66. The van der Waals surface area contributed by atoms with Gasteiger partial charge in [-0.25, -0.2) is 8.42 Å². The fourth-order valence-corrected chi connectivity index (χ4v) is 4.53. The van der Waals surface area contributed by atoms with Gasteiger partial charge in [-0.15, -0.1) is 0 Å². The molecule has 0 aliphatic rings. The minimum atomic E-state index is -3.67. The quantitative estimate of drug-likeness (QED) is 0.336. The zero-order valence-corrected chi connectivity index (χ0v) is 20.1. The molecule has 33 heavy (non-hydrogen) atoms. The molecule has 0 aliphatic heterocycles. The summed E-state index contributed by atoms with van der Waals surface area (Å²) in [7, 11) is -2.46. The van der Waals surface area contributed by atoms with Gasteiger partial charge in [0, 0.05) is 27.9 Å². The number of sulfonamides is 1. The second kappa shape index (κ2) is 10.2. The third-order valence-corrected chi connectivity index (χ3v) is 6.86. The lowest BCUT2D eigenvalue weighted by Gasteiger charge is -2.12. The molecule has 2 aromatic carbocycles. The second-order valence-corrected chi connectivity index (χ2v) is 9.99. The summed E-state index contributed by atoms with van der Waals surface area (Å²) in [5.74, 6) is -1.11. The molecule has 0 amide bonds. The number of anilines is 1. The molecule has 3 aromatic rings. The summed E-state index contributed by atoms with van der Waals surface area (Å²) >= 11 is 5.91. The lowest BCUT2D eigenvalue weighted by Crippen LogP contribution is -2.19. The number of ketones is 1. The number of carbonyl (C=O) groups is 2. The lowest BCUT2D eigenvalue weighted by molar-refractivity contribution is -0.140. The number of aromatic amines is 1. The van der Waals surface area contributed by atoms with E-state index in [9.17, 15) is 18.0 Å². The van der Waals surface area contributed by atoms with Crippen LogP contribution in [0.5, 0.6) is 0 Å². The molecule has 7 nitrogen and oxygen atoms in total. The van der Waals surface area contributed by atoms with Gasteiger partial charge in [-0.1, -0.05) is 30.7 Å². The highest BCUT2D eigenvalue weighted by molar-refractivity contribution is 7.92. The summed E-state index contributed by atoms with van der Waals surface area (Å²) in [5, 5.41) is 0.568. The van der Waals surface area contributed by atoms with Crippen LogP contribution in [-0.2, 0) is 19.6 Å². The molecular formula is C24H25ClN2O5S. The zero-order chi connectivity index (χ0) is 24.2. The molecule has 0 aliphatic carbocycles. The topological polar surface area (TPSA) is 105 Å². The van der Waals surface area contributed by atoms with Crippen molar-refractivity contribution in [3.8, 4) is 0 Å². The van der Waals surface area contributed by atoms with E-state index in [1.807, 2.05) is 32.0 Å². The Balaban J connectivity index is 1.72. The Morgan fingerprint density at radius 3 is 2.33 bits per heavy atom. The third-order valence-electron chi connectivity index (χ3n) is 5.32. The summed E-state index contributed by atoms with van der Waals surface area (Å²) in [5.41, 5.74) is 4.13. The molecule has 0 saturated heterocycles. The van der Waals surface area contributed by atoms with Crippen molar-refractivity contribution in [2.75, 3.05) is 17.6 Å². The van der Waals surface area contributed by atoms with Crippen LogP contribution < -0.4 is 4.72 Å². The molecule has 0 fully saturated rings. The van der Waals surface area contributed by atoms with Crippen molar-refractivity contribution in [3.05, 3.63) is 87.7 Å². The molecule has 2 N–H and O–H groups in total. The Labute approximate surface area is 198 Å². The van der Waals surface area contributed by atoms with Gasteiger partial charge in [-0.05, 0) is 60.5 Å². The number of carbonyl (C=O) groups excluding carboxylic acids is 2. The van der Waals surface area contributed by atoms with Crippen molar-refractivity contribution in [1.82, 2.24) is 4.98 Å². The standard InChI is InChI=1S/C24H25ClN2O5S/c1-15-14-21(26-23(15)24(29)18-4-8-19(25)9-5-18)16(2)17-6-10-20(11-7-17)27-33(30,31)13-12-22(28)32-3/h4-11,14,16,26-27H,12-13H2,1-3H3. The molecule has 1 heterocycles. The van der Waals surface area contributed by atoms with Crippen LogP contribution in [0.4, 0.5) is 5.69 Å². The first-order valence-corrected chi connectivity index (χ1v) is 12.3. The van der Waals surface area contributed by atoms with E-state index in [0.29, 0.717) is 22.0 Å². The Kier molecular flexibility index (Phi) is 7.61. The highest BCUT2D eigenvalue weighted by Gasteiger charge is 2.19. The molecule has 1 atom stereocenters. The van der Waals surface area contributed by atoms with Gasteiger partial charge in [0.1, 0.15) is 0 Å². The van der Waals surface area contributed by atoms with E-state index in [1.54, 1.807) is 36.4 Å². The number of ether oxygens (including phenoxy) is 1. The first kappa shape index (κ1) is 24.5. The van der Waals surface area contributed by atoms with Gasteiger partial charge >= 0.3 is 5.97 Å². The van der Waals surface area contributed by atoms with Gasteiger partial charge in [0.25, 0.3) is 0 Å². The summed E-state index contributed by atoms with van der Waals surface area (Å²) in [6.07, 6.45) is -0.218. The molecular weight excluding hydrogens is 464 g/mol. The molecule has 1 unspecified atom stereocenters. The van der Waals surface area contributed by atoms with Crippen molar-refractivity contribution >= 4 is 39.1 Å². The van der Waals surface area contributed by atoms with E-state index in [0.717, 1.165) is 16.8 Å². The number of methoxy groups -OCH3 is 1. The minimum Gasteiger partial charge on any atom is -0.469 e. The second-order valence-electron chi connectivity index (χ2n) is 7.71. The summed E-state index contributed by atoms with van der Waals surface area (Å²) < 4.78 is 31.2. The van der Waals surface area contributed by atoms with E-state index in [1.165, 1.54) is 7.11 Å². The third kappa shape index (κ3) is 6.24. The Bertz CT molecular complexity index is 1250. The number of nitrogens with one attached hydrogen (secondary N) is 2. The highest BCUT2D eigenvalue weighted by Crippen LogP contribution is 2.27. The zero-order valence-electron chi connectivity index (χ0n) is 18.5. The number of rotatable bonds is 9. The van der Waals surface area contributed by atoms with Gasteiger partial charge in [0.05, 0.1) is 25.0 Å².